The fraction of sp³-hybridized carbons (Fsp3) is 0.357. The molecule has 90 valence electrons. The van der Waals surface area contributed by atoms with E-state index in [4.69, 9.17) is 5.73 Å². The van der Waals surface area contributed by atoms with Crippen molar-refractivity contribution in [2.75, 3.05) is 5.73 Å². The number of hydrogen-bond acceptors (Lipinski definition) is 3. The highest BCUT2D eigenvalue weighted by Crippen LogP contribution is 2.27. The van der Waals surface area contributed by atoms with Crippen LogP contribution in [-0.2, 0) is 12.8 Å². The fourth-order valence-electron chi connectivity index (χ4n) is 1.90. The molecule has 0 saturated carbocycles. The summed E-state index contributed by atoms with van der Waals surface area (Å²) in [6.07, 6.45) is 1.89. The van der Waals surface area contributed by atoms with Crippen molar-refractivity contribution in [3.05, 3.63) is 46.6 Å². The lowest BCUT2D eigenvalue weighted by atomic mass is 9.96. The van der Waals surface area contributed by atoms with Gasteiger partial charge in [0.2, 0.25) is 0 Å². The van der Waals surface area contributed by atoms with Gasteiger partial charge in [-0.15, -0.1) is 11.3 Å². The number of benzene rings is 1. The zero-order chi connectivity index (χ0) is 12.3. The van der Waals surface area contributed by atoms with E-state index in [0.717, 1.165) is 28.5 Å². The second-order valence-electron chi connectivity index (χ2n) is 4.29. The quantitative estimate of drug-likeness (QED) is 0.894. The number of anilines is 1. The Morgan fingerprint density at radius 3 is 2.59 bits per heavy atom. The Hall–Kier alpha value is -1.35. The monoisotopic (exact) mass is 246 g/mol. The average molecular weight is 246 g/mol. The summed E-state index contributed by atoms with van der Waals surface area (Å²) in [4.78, 5) is 4.59. The van der Waals surface area contributed by atoms with Crippen LogP contribution in [-0.4, -0.2) is 4.98 Å². The first-order chi connectivity index (χ1) is 8.20. The lowest BCUT2D eigenvalue weighted by Crippen LogP contribution is -2.01. The first kappa shape index (κ1) is 12.1. The zero-order valence-corrected chi connectivity index (χ0v) is 11.1. The van der Waals surface area contributed by atoms with Gasteiger partial charge in [-0.1, -0.05) is 44.2 Å². The summed E-state index contributed by atoms with van der Waals surface area (Å²) >= 11 is 1.62. The van der Waals surface area contributed by atoms with Crippen molar-refractivity contribution < 1.29 is 0 Å². The van der Waals surface area contributed by atoms with Gasteiger partial charge in [0.05, 0.1) is 10.7 Å². The van der Waals surface area contributed by atoms with Gasteiger partial charge in [0.25, 0.3) is 0 Å². The number of aromatic nitrogens is 1. The zero-order valence-electron chi connectivity index (χ0n) is 10.3. The van der Waals surface area contributed by atoms with E-state index < -0.39 is 0 Å². The second kappa shape index (κ2) is 5.32. The molecular weight excluding hydrogens is 228 g/mol. The van der Waals surface area contributed by atoms with E-state index >= 15 is 0 Å². The van der Waals surface area contributed by atoms with Crippen molar-refractivity contribution in [2.24, 2.45) is 0 Å². The molecule has 1 atom stereocenters. The number of thiazole rings is 1. The van der Waals surface area contributed by atoms with Crippen LogP contribution in [0.15, 0.2) is 30.3 Å². The molecule has 0 saturated heterocycles. The third-order valence-electron chi connectivity index (χ3n) is 2.94. The maximum atomic E-state index is 6.00. The molecule has 1 unspecified atom stereocenters. The standard InChI is InChI=1S/C14H18N2S/c1-3-13-16-12(14(15)17-13)9-10(2)11-7-5-4-6-8-11/h4-8,10H,3,9,15H2,1-2H3. The molecular formula is C14H18N2S. The van der Waals surface area contributed by atoms with E-state index in [1.54, 1.807) is 11.3 Å². The minimum absolute atomic E-state index is 0.463. The lowest BCUT2D eigenvalue weighted by molar-refractivity contribution is 0.743. The number of nitrogens with zero attached hydrogens (tertiary/aromatic N) is 1. The highest BCUT2D eigenvalue weighted by Gasteiger charge is 2.12. The first-order valence-electron chi connectivity index (χ1n) is 5.99. The van der Waals surface area contributed by atoms with Crippen LogP contribution in [0, 0.1) is 0 Å². The van der Waals surface area contributed by atoms with Crippen molar-refractivity contribution in [3.8, 4) is 0 Å². The summed E-state index contributed by atoms with van der Waals surface area (Å²) in [6, 6.07) is 10.5. The van der Waals surface area contributed by atoms with Crippen LogP contribution in [0.1, 0.15) is 36.0 Å². The predicted octanol–water partition coefficient (Wildman–Crippen LogP) is 3.63. The van der Waals surface area contributed by atoms with Gasteiger partial charge in [0.1, 0.15) is 5.00 Å². The maximum Gasteiger partial charge on any atom is 0.109 e. The molecule has 0 aliphatic heterocycles. The Bertz CT molecular complexity index is 476. The first-order valence-corrected chi connectivity index (χ1v) is 6.81. The molecule has 0 spiro atoms. The van der Waals surface area contributed by atoms with Gasteiger partial charge in [0.15, 0.2) is 0 Å². The molecule has 3 heteroatoms. The Morgan fingerprint density at radius 1 is 1.29 bits per heavy atom. The fourth-order valence-corrected chi connectivity index (χ4v) is 2.70. The Labute approximate surface area is 107 Å². The summed E-state index contributed by atoms with van der Waals surface area (Å²) in [7, 11) is 0. The van der Waals surface area contributed by atoms with Crippen LogP contribution < -0.4 is 5.73 Å². The van der Waals surface area contributed by atoms with Crippen LogP contribution in [0.5, 0.6) is 0 Å². The van der Waals surface area contributed by atoms with Gasteiger partial charge >= 0.3 is 0 Å². The minimum atomic E-state index is 0.463. The van der Waals surface area contributed by atoms with E-state index in [9.17, 15) is 0 Å². The normalized spacial score (nSPS) is 12.6. The SMILES string of the molecule is CCc1nc(CC(C)c2ccccc2)c(N)s1. The largest absolute Gasteiger partial charge is 0.389 e. The molecule has 0 aliphatic carbocycles. The summed E-state index contributed by atoms with van der Waals surface area (Å²) < 4.78 is 0. The summed E-state index contributed by atoms with van der Waals surface area (Å²) in [5.74, 6) is 0.463. The van der Waals surface area contributed by atoms with Crippen LogP contribution in [0.3, 0.4) is 0 Å². The van der Waals surface area contributed by atoms with Gasteiger partial charge in [-0.3, -0.25) is 0 Å². The van der Waals surface area contributed by atoms with Crippen molar-refractivity contribution >= 4 is 16.3 Å². The van der Waals surface area contributed by atoms with E-state index in [-0.39, 0.29) is 0 Å². The van der Waals surface area contributed by atoms with Gasteiger partial charge in [-0.05, 0) is 24.3 Å². The molecule has 2 nitrogen and oxygen atoms in total. The van der Waals surface area contributed by atoms with Gasteiger partial charge in [-0.2, -0.15) is 0 Å². The van der Waals surface area contributed by atoms with Crippen molar-refractivity contribution in [3.63, 3.8) is 0 Å². The van der Waals surface area contributed by atoms with Crippen molar-refractivity contribution in [2.45, 2.75) is 32.6 Å². The topological polar surface area (TPSA) is 38.9 Å². The third-order valence-corrected chi connectivity index (χ3v) is 4.01. The van der Waals surface area contributed by atoms with Gasteiger partial charge in [0, 0.05) is 0 Å². The molecule has 17 heavy (non-hydrogen) atoms. The molecule has 0 radical (unpaired) electrons. The maximum absolute atomic E-state index is 6.00. The molecule has 2 rings (SSSR count). The van der Waals surface area contributed by atoms with Crippen LogP contribution in [0.4, 0.5) is 5.00 Å². The number of rotatable bonds is 4. The minimum Gasteiger partial charge on any atom is -0.389 e. The third kappa shape index (κ3) is 2.86. The number of aryl methyl sites for hydroxylation is 1. The van der Waals surface area contributed by atoms with Gasteiger partial charge in [-0.25, -0.2) is 4.98 Å². The molecule has 0 aliphatic rings. The Balaban J connectivity index is 2.13. The molecule has 0 bridgehead atoms. The highest BCUT2D eigenvalue weighted by atomic mass is 32.1. The summed E-state index contributed by atoms with van der Waals surface area (Å²) in [6.45, 7) is 4.34. The van der Waals surface area contributed by atoms with E-state index in [2.05, 4.69) is 43.1 Å². The molecule has 0 fully saturated rings. The number of nitrogens with two attached hydrogens (primary N) is 1. The summed E-state index contributed by atoms with van der Waals surface area (Å²) in [5.41, 5.74) is 8.40. The molecule has 1 aromatic heterocycles. The van der Waals surface area contributed by atoms with Gasteiger partial charge < -0.3 is 5.73 Å². The van der Waals surface area contributed by atoms with Crippen molar-refractivity contribution in [1.29, 1.82) is 0 Å². The number of hydrogen-bond donors (Lipinski definition) is 1. The molecule has 1 heterocycles. The molecule has 0 amide bonds. The second-order valence-corrected chi connectivity index (χ2v) is 5.40. The van der Waals surface area contributed by atoms with E-state index in [1.165, 1.54) is 5.56 Å². The predicted molar refractivity (Wildman–Crippen MR) is 74.5 cm³/mol. The Morgan fingerprint density at radius 2 is 2.00 bits per heavy atom. The van der Waals surface area contributed by atoms with E-state index in [0.29, 0.717) is 5.92 Å². The van der Waals surface area contributed by atoms with Crippen LogP contribution in [0.2, 0.25) is 0 Å². The summed E-state index contributed by atoms with van der Waals surface area (Å²) in [5, 5.41) is 2.02. The molecule has 2 N–H and O–H groups in total. The number of nitrogen functional groups attached to an aromatic ring is 1. The molecule has 1 aromatic carbocycles. The average Bonchev–Trinajstić information content (AvgIpc) is 2.71. The van der Waals surface area contributed by atoms with E-state index in [1.807, 2.05) is 6.07 Å². The lowest BCUT2D eigenvalue weighted by Gasteiger charge is -2.10. The molecule has 2 aromatic rings. The smallest absolute Gasteiger partial charge is 0.109 e. The Kier molecular flexibility index (Phi) is 3.79. The highest BCUT2D eigenvalue weighted by molar-refractivity contribution is 7.15. The van der Waals surface area contributed by atoms with Crippen molar-refractivity contribution in [1.82, 2.24) is 4.98 Å². The van der Waals surface area contributed by atoms with Crippen LogP contribution >= 0.6 is 11.3 Å². The van der Waals surface area contributed by atoms with Crippen LogP contribution in [0.25, 0.3) is 0 Å².